The van der Waals surface area contributed by atoms with E-state index in [1.165, 1.54) is 57.8 Å². The number of nitrogens with two attached hydrogens (primary N) is 1. The van der Waals surface area contributed by atoms with E-state index in [2.05, 4.69) is 26.6 Å². The quantitative estimate of drug-likeness (QED) is 0.0435. The van der Waals surface area contributed by atoms with E-state index in [-0.39, 0.29) is 50.3 Å². The van der Waals surface area contributed by atoms with Gasteiger partial charge < -0.3 is 57.5 Å². The van der Waals surface area contributed by atoms with Gasteiger partial charge in [-0.1, -0.05) is 89.9 Å². The van der Waals surface area contributed by atoms with Crippen LogP contribution in [0, 0.1) is 0 Å². The fourth-order valence-corrected chi connectivity index (χ4v) is 5.54. The Balaban J connectivity index is 1.83. The highest BCUT2D eigenvalue weighted by molar-refractivity contribution is 5.88. The molecule has 5 atom stereocenters. The van der Waals surface area contributed by atoms with Gasteiger partial charge in [-0.15, -0.1) is 0 Å². The van der Waals surface area contributed by atoms with Crippen LogP contribution in [0.25, 0.3) is 0 Å². The summed E-state index contributed by atoms with van der Waals surface area (Å²) in [6, 6.07) is 0. The molecule has 0 aromatic rings. The van der Waals surface area contributed by atoms with Gasteiger partial charge >= 0.3 is 0 Å². The molecular weight excluding hydrogens is 652 g/mol. The Morgan fingerprint density at radius 2 is 0.900 bits per heavy atom. The van der Waals surface area contributed by atoms with E-state index in [4.69, 9.17) is 10.5 Å². The van der Waals surface area contributed by atoms with Crippen LogP contribution >= 0.6 is 0 Å². The molecule has 1 aliphatic rings. The monoisotopic (exact) mass is 716 g/mol. The second kappa shape index (κ2) is 28.8. The minimum atomic E-state index is -1.50. The molecule has 0 radical (unpaired) electrons. The second-order valence-corrected chi connectivity index (χ2v) is 12.9. The van der Waals surface area contributed by atoms with Crippen LogP contribution in [0.4, 0.5) is 0 Å². The molecule has 16 heteroatoms. The number of unbranched alkanes of at least 4 members (excludes halogenated alkanes) is 15. The summed E-state index contributed by atoms with van der Waals surface area (Å²) in [5, 5.41) is 51.5. The van der Waals surface area contributed by atoms with Crippen LogP contribution in [0.3, 0.4) is 0 Å². The number of ether oxygens (including phenoxy) is 1. The molecule has 1 fully saturated rings. The summed E-state index contributed by atoms with van der Waals surface area (Å²) in [6.07, 6.45) is 12.0. The first kappa shape index (κ1) is 45.1. The van der Waals surface area contributed by atoms with Crippen LogP contribution in [-0.4, -0.2) is 120 Å². The third-order valence-electron chi connectivity index (χ3n) is 8.60. The van der Waals surface area contributed by atoms with Gasteiger partial charge in [-0.3, -0.25) is 24.0 Å². The summed E-state index contributed by atoms with van der Waals surface area (Å²) in [6.45, 7) is -0.639. The van der Waals surface area contributed by atoms with Crippen molar-refractivity contribution in [2.45, 2.75) is 146 Å². The van der Waals surface area contributed by atoms with Crippen molar-refractivity contribution in [1.29, 1.82) is 0 Å². The molecule has 11 N–H and O–H groups in total. The van der Waals surface area contributed by atoms with Crippen LogP contribution < -0.4 is 32.3 Å². The molecule has 5 amide bonds. The first-order valence-electron chi connectivity index (χ1n) is 18.5. The van der Waals surface area contributed by atoms with E-state index < -0.39 is 49.1 Å². The number of carbonyl (C=O) groups is 5. The zero-order valence-electron chi connectivity index (χ0n) is 29.7. The molecule has 1 rings (SSSR count). The van der Waals surface area contributed by atoms with Crippen molar-refractivity contribution in [3.05, 3.63) is 0 Å². The number of aliphatic hydroxyl groups is 4. The molecule has 1 heterocycles. The first-order valence-corrected chi connectivity index (χ1v) is 18.5. The lowest BCUT2D eigenvalue weighted by Crippen LogP contribution is -2.63. The minimum absolute atomic E-state index is 0.0414. The van der Waals surface area contributed by atoms with Gasteiger partial charge in [0.1, 0.15) is 24.4 Å². The number of amides is 5. The molecule has 0 aliphatic carbocycles. The molecule has 0 bridgehead atoms. The number of aliphatic hydroxyl groups excluding tert-OH is 4. The van der Waals surface area contributed by atoms with Crippen molar-refractivity contribution < 1.29 is 49.1 Å². The molecule has 290 valence electrons. The largest absolute Gasteiger partial charge is 0.394 e. The van der Waals surface area contributed by atoms with Gasteiger partial charge in [-0.05, 0) is 12.8 Å². The van der Waals surface area contributed by atoms with Crippen LogP contribution in [0.5, 0.6) is 0 Å². The number of hydrogen-bond donors (Lipinski definition) is 10. The Morgan fingerprint density at radius 1 is 0.500 bits per heavy atom. The highest BCUT2D eigenvalue weighted by atomic mass is 16.6. The molecule has 0 aromatic heterocycles. The van der Waals surface area contributed by atoms with Crippen LogP contribution in [0.1, 0.15) is 116 Å². The predicted octanol–water partition coefficient (Wildman–Crippen LogP) is -0.652. The van der Waals surface area contributed by atoms with Crippen LogP contribution in [-0.2, 0) is 28.7 Å². The van der Waals surface area contributed by atoms with Crippen molar-refractivity contribution >= 4 is 29.5 Å². The molecule has 0 saturated carbocycles. The highest BCUT2D eigenvalue weighted by Crippen LogP contribution is 2.20. The maximum atomic E-state index is 12.2. The lowest BCUT2D eigenvalue weighted by atomic mass is 9.98. The normalized spacial score (nSPS) is 20.1. The number of rotatable bonds is 29. The molecule has 0 aromatic carbocycles. The van der Waals surface area contributed by atoms with Crippen LogP contribution in [0.15, 0.2) is 0 Å². The summed E-state index contributed by atoms with van der Waals surface area (Å²) in [4.78, 5) is 58.4. The Hall–Kier alpha value is -2.89. The van der Waals surface area contributed by atoms with Gasteiger partial charge in [0.05, 0.1) is 26.2 Å². The molecule has 50 heavy (non-hydrogen) atoms. The summed E-state index contributed by atoms with van der Waals surface area (Å²) >= 11 is 0. The summed E-state index contributed by atoms with van der Waals surface area (Å²) in [5.74, 6) is -1.68. The van der Waals surface area contributed by atoms with Crippen molar-refractivity contribution in [2.75, 3.05) is 39.3 Å². The van der Waals surface area contributed by atoms with Crippen molar-refractivity contribution in [3.63, 3.8) is 0 Å². The predicted molar refractivity (Wildman–Crippen MR) is 186 cm³/mol. The molecular formula is C34H64N6O10. The molecule has 16 nitrogen and oxygen atoms in total. The Kier molecular flexibility index (Phi) is 26.0. The van der Waals surface area contributed by atoms with Crippen molar-refractivity contribution in [3.8, 4) is 0 Å². The zero-order chi connectivity index (χ0) is 37.0. The van der Waals surface area contributed by atoms with Gasteiger partial charge in [0.15, 0.2) is 6.23 Å². The average Bonchev–Trinajstić information content (AvgIpc) is 3.11. The molecule has 0 spiro atoms. The average molecular weight is 717 g/mol. The zero-order valence-corrected chi connectivity index (χ0v) is 29.7. The number of nitrogens with one attached hydrogen (secondary N) is 5. The van der Waals surface area contributed by atoms with Crippen molar-refractivity contribution in [1.82, 2.24) is 26.6 Å². The molecule has 0 unspecified atom stereocenters. The van der Waals surface area contributed by atoms with Gasteiger partial charge in [-0.25, -0.2) is 0 Å². The lowest BCUT2D eigenvalue weighted by Gasteiger charge is -2.40. The highest BCUT2D eigenvalue weighted by Gasteiger charge is 2.43. The Labute approximate surface area is 296 Å². The fourth-order valence-electron chi connectivity index (χ4n) is 5.54. The third-order valence-corrected chi connectivity index (χ3v) is 8.60. The van der Waals surface area contributed by atoms with Crippen LogP contribution in [0.2, 0.25) is 0 Å². The second-order valence-electron chi connectivity index (χ2n) is 12.9. The summed E-state index contributed by atoms with van der Waals surface area (Å²) in [7, 11) is 0. The van der Waals surface area contributed by atoms with Gasteiger partial charge in [0.25, 0.3) is 0 Å². The minimum Gasteiger partial charge on any atom is -0.394 e. The maximum absolute atomic E-state index is 12.2. The van der Waals surface area contributed by atoms with E-state index in [1.54, 1.807) is 0 Å². The lowest BCUT2D eigenvalue weighted by molar-refractivity contribution is -0.236. The summed E-state index contributed by atoms with van der Waals surface area (Å²) in [5.41, 5.74) is 5.13. The number of hydrogen-bond acceptors (Lipinski definition) is 11. The standard InChI is InChI=1S/C34H64N6O10/c35-21-28(44)38-23-30(46)39-22-29(45)37-20-19-36-26(42)17-15-13-11-9-7-5-3-1-2-4-6-8-10-12-14-16-18-27(43)40-34-33(49)32(48)31(47)25(24-41)50-34/h25,31-34,41,47-49H,1-24,35H2,(H,36,42)(H,37,45)(H,38,44)(H,39,46)(H,40,43)/t25-,31-,32+,33-,34-/m1/s1. The number of carbonyl (C=O) groups excluding carboxylic acids is 5. The first-order chi connectivity index (χ1) is 24.1. The van der Waals surface area contributed by atoms with Gasteiger partial charge in [-0.2, -0.15) is 0 Å². The summed E-state index contributed by atoms with van der Waals surface area (Å²) < 4.78 is 5.30. The van der Waals surface area contributed by atoms with E-state index >= 15 is 0 Å². The van der Waals surface area contributed by atoms with E-state index in [0.717, 1.165) is 44.9 Å². The van der Waals surface area contributed by atoms with Gasteiger partial charge in [0, 0.05) is 25.9 Å². The fraction of sp³-hybridized carbons (Fsp3) is 0.853. The van der Waals surface area contributed by atoms with Gasteiger partial charge in [0.2, 0.25) is 29.5 Å². The van der Waals surface area contributed by atoms with E-state index in [0.29, 0.717) is 13.0 Å². The molecule has 1 aliphatic heterocycles. The Morgan fingerprint density at radius 3 is 1.36 bits per heavy atom. The van der Waals surface area contributed by atoms with E-state index in [1.807, 2.05) is 0 Å². The molecule has 1 saturated heterocycles. The smallest absolute Gasteiger partial charge is 0.239 e. The topological polar surface area (TPSA) is 262 Å². The third kappa shape index (κ3) is 22.0. The SMILES string of the molecule is NCC(=O)NCC(=O)NCC(=O)NCCNC(=O)CCCCCCCCCCCCCCCCCCC(=O)N[C@@H]1O[C@H](CO)[C@@H](O)[C@H](O)[C@H]1O. The van der Waals surface area contributed by atoms with Crippen molar-refractivity contribution in [2.24, 2.45) is 5.73 Å². The van der Waals surface area contributed by atoms with E-state index in [9.17, 15) is 44.4 Å². The maximum Gasteiger partial charge on any atom is 0.239 e. The Bertz CT molecular complexity index is 973.